The summed E-state index contributed by atoms with van der Waals surface area (Å²) < 4.78 is 0. The minimum Gasteiger partial charge on any atom is -0.323 e. The van der Waals surface area contributed by atoms with Gasteiger partial charge in [0.1, 0.15) is 0 Å². The highest BCUT2D eigenvalue weighted by molar-refractivity contribution is 5.99. The van der Waals surface area contributed by atoms with Crippen LogP contribution in [0, 0.1) is 0 Å². The molecule has 1 unspecified atom stereocenters. The molecule has 0 aliphatic carbocycles. The predicted molar refractivity (Wildman–Crippen MR) is 95.1 cm³/mol. The first-order chi connectivity index (χ1) is 9.73. The van der Waals surface area contributed by atoms with Gasteiger partial charge in [0.15, 0.2) is 0 Å². The van der Waals surface area contributed by atoms with E-state index in [-0.39, 0.29) is 30.7 Å². The fourth-order valence-corrected chi connectivity index (χ4v) is 2.85. The standard InChI is InChI=1S/C16H19N3O.2ClH/c1-2-16(8-5-9-18-16)15(20)19-13-10-12-6-3-4-7-14(12)17-11-13;;/h3-4,6-7,10-11,18H,2,5,8-9H2,1H3,(H,19,20);2*1H. The van der Waals surface area contributed by atoms with Crippen LogP contribution in [0.3, 0.4) is 0 Å². The molecule has 1 aliphatic rings. The average molecular weight is 342 g/mol. The van der Waals surface area contributed by atoms with Crippen LogP contribution in [-0.4, -0.2) is 23.0 Å². The van der Waals surface area contributed by atoms with Gasteiger partial charge in [0.2, 0.25) is 5.91 Å². The summed E-state index contributed by atoms with van der Waals surface area (Å²) in [6, 6.07) is 9.87. The molecule has 6 heteroatoms. The Morgan fingerprint density at radius 2 is 2.14 bits per heavy atom. The molecule has 2 N–H and O–H groups in total. The van der Waals surface area contributed by atoms with E-state index in [4.69, 9.17) is 0 Å². The number of aromatic nitrogens is 1. The SMILES string of the molecule is CCC1(C(=O)Nc2cnc3ccccc3c2)CCCN1.Cl.Cl. The van der Waals surface area contributed by atoms with Gasteiger partial charge < -0.3 is 10.6 Å². The van der Waals surface area contributed by atoms with Crippen LogP contribution < -0.4 is 10.6 Å². The largest absolute Gasteiger partial charge is 0.323 e. The van der Waals surface area contributed by atoms with Crippen LogP contribution in [0.15, 0.2) is 36.5 Å². The summed E-state index contributed by atoms with van der Waals surface area (Å²) in [5.74, 6) is 0.0505. The van der Waals surface area contributed by atoms with Crippen LogP contribution in [0.5, 0.6) is 0 Å². The highest BCUT2D eigenvalue weighted by Crippen LogP contribution is 2.25. The quantitative estimate of drug-likeness (QED) is 0.897. The number of carbonyl (C=O) groups excluding carboxylic acids is 1. The van der Waals surface area contributed by atoms with E-state index in [1.807, 2.05) is 30.3 Å². The maximum Gasteiger partial charge on any atom is 0.244 e. The number of nitrogens with one attached hydrogen (secondary N) is 2. The average Bonchev–Trinajstić information content (AvgIpc) is 2.97. The van der Waals surface area contributed by atoms with Crippen LogP contribution in [0.1, 0.15) is 26.2 Å². The smallest absolute Gasteiger partial charge is 0.244 e. The van der Waals surface area contributed by atoms with Gasteiger partial charge in [-0.3, -0.25) is 9.78 Å². The second kappa shape index (κ2) is 7.77. The molecule has 4 nitrogen and oxygen atoms in total. The first kappa shape index (κ1) is 18.7. The number of carbonyl (C=O) groups is 1. The van der Waals surface area contributed by atoms with Crippen molar-refractivity contribution in [3.05, 3.63) is 36.5 Å². The molecule has 0 bridgehead atoms. The third-order valence-corrected chi connectivity index (χ3v) is 4.13. The summed E-state index contributed by atoms with van der Waals surface area (Å²) >= 11 is 0. The zero-order chi connectivity index (χ0) is 14.0. The van der Waals surface area contributed by atoms with Gasteiger partial charge in [-0.05, 0) is 37.9 Å². The van der Waals surface area contributed by atoms with E-state index in [2.05, 4.69) is 22.5 Å². The van der Waals surface area contributed by atoms with Crippen LogP contribution in [0.25, 0.3) is 10.9 Å². The fraction of sp³-hybridized carbons (Fsp3) is 0.375. The summed E-state index contributed by atoms with van der Waals surface area (Å²) in [5.41, 5.74) is 1.29. The Labute approximate surface area is 142 Å². The van der Waals surface area contributed by atoms with Crippen molar-refractivity contribution in [1.82, 2.24) is 10.3 Å². The summed E-state index contributed by atoms with van der Waals surface area (Å²) in [5, 5.41) is 7.39. The van der Waals surface area contributed by atoms with Gasteiger partial charge in [-0.15, -0.1) is 24.8 Å². The Bertz CT molecular complexity index is 642. The third kappa shape index (κ3) is 3.51. The predicted octanol–water partition coefficient (Wildman–Crippen LogP) is 3.55. The summed E-state index contributed by atoms with van der Waals surface area (Å²) in [4.78, 5) is 16.9. The molecule has 3 rings (SSSR count). The van der Waals surface area contributed by atoms with Gasteiger partial charge in [-0.25, -0.2) is 0 Å². The molecule has 1 fully saturated rings. The Morgan fingerprint density at radius 3 is 2.82 bits per heavy atom. The molecule has 120 valence electrons. The molecule has 1 saturated heterocycles. The Hall–Kier alpha value is -1.36. The van der Waals surface area contributed by atoms with E-state index in [9.17, 15) is 4.79 Å². The number of halogens is 2. The van der Waals surface area contributed by atoms with E-state index < -0.39 is 5.54 Å². The molecule has 1 aromatic heterocycles. The van der Waals surface area contributed by atoms with E-state index >= 15 is 0 Å². The van der Waals surface area contributed by atoms with Crippen LogP contribution in [-0.2, 0) is 4.79 Å². The van der Waals surface area contributed by atoms with Crippen molar-refractivity contribution in [2.24, 2.45) is 0 Å². The molecule has 1 aliphatic heterocycles. The summed E-state index contributed by atoms with van der Waals surface area (Å²) in [7, 11) is 0. The number of fused-ring (bicyclic) bond motifs is 1. The monoisotopic (exact) mass is 341 g/mol. The Kier molecular flexibility index (Phi) is 6.60. The van der Waals surface area contributed by atoms with Gasteiger partial charge in [-0.1, -0.05) is 25.1 Å². The molecular formula is C16H21Cl2N3O. The van der Waals surface area contributed by atoms with E-state index in [1.54, 1.807) is 6.20 Å². The number of anilines is 1. The first-order valence-electron chi connectivity index (χ1n) is 7.15. The van der Waals surface area contributed by atoms with E-state index in [0.29, 0.717) is 0 Å². The maximum absolute atomic E-state index is 12.5. The highest BCUT2D eigenvalue weighted by atomic mass is 35.5. The summed E-state index contributed by atoms with van der Waals surface area (Å²) in [6.07, 6.45) is 4.48. The second-order valence-corrected chi connectivity index (χ2v) is 5.34. The minimum atomic E-state index is -0.411. The van der Waals surface area contributed by atoms with E-state index in [0.717, 1.165) is 42.4 Å². The second-order valence-electron chi connectivity index (χ2n) is 5.34. The molecular weight excluding hydrogens is 321 g/mol. The Morgan fingerprint density at radius 1 is 1.36 bits per heavy atom. The topological polar surface area (TPSA) is 54.0 Å². The molecule has 2 aromatic rings. The van der Waals surface area contributed by atoms with Crippen molar-refractivity contribution in [3.8, 4) is 0 Å². The number of hydrogen-bond acceptors (Lipinski definition) is 3. The van der Waals surface area contributed by atoms with Crippen molar-refractivity contribution in [1.29, 1.82) is 0 Å². The number of amides is 1. The number of nitrogens with zero attached hydrogens (tertiary/aromatic N) is 1. The van der Waals surface area contributed by atoms with Crippen molar-refractivity contribution < 1.29 is 4.79 Å². The minimum absolute atomic E-state index is 0. The number of rotatable bonds is 3. The van der Waals surface area contributed by atoms with Crippen molar-refractivity contribution in [2.45, 2.75) is 31.7 Å². The zero-order valence-electron chi connectivity index (χ0n) is 12.5. The number of hydrogen-bond donors (Lipinski definition) is 2. The lowest BCUT2D eigenvalue weighted by Crippen LogP contribution is -2.50. The maximum atomic E-state index is 12.5. The molecule has 0 spiro atoms. The van der Waals surface area contributed by atoms with Gasteiger partial charge in [0, 0.05) is 5.39 Å². The molecule has 0 radical (unpaired) electrons. The van der Waals surface area contributed by atoms with Crippen LogP contribution in [0.2, 0.25) is 0 Å². The third-order valence-electron chi connectivity index (χ3n) is 4.13. The molecule has 0 saturated carbocycles. The zero-order valence-corrected chi connectivity index (χ0v) is 14.1. The number of pyridine rings is 1. The lowest BCUT2D eigenvalue weighted by Gasteiger charge is -2.26. The van der Waals surface area contributed by atoms with Gasteiger partial charge in [-0.2, -0.15) is 0 Å². The lowest BCUT2D eigenvalue weighted by molar-refractivity contribution is -0.122. The van der Waals surface area contributed by atoms with Crippen molar-refractivity contribution >= 4 is 47.3 Å². The Balaban J connectivity index is 0.00000121. The first-order valence-corrected chi connectivity index (χ1v) is 7.15. The van der Waals surface area contributed by atoms with Crippen LogP contribution >= 0.6 is 24.8 Å². The fourth-order valence-electron chi connectivity index (χ4n) is 2.85. The van der Waals surface area contributed by atoms with Crippen LogP contribution in [0.4, 0.5) is 5.69 Å². The molecule has 1 aromatic carbocycles. The summed E-state index contributed by atoms with van der Waals surface area (Å²) in [6.45, 7) is 2.97. The van der Waals surface area contributed by atoms with Crippen molar-refractivity contribution in [2.75, 3.05) is 11.9 Å². The molecule has 22 heavy (non-hydrogen) atoms. The highest BCUT2D eigenvalue weighted by Gasteiger charge is 2.39. The molecule has 1 atom stereocenters. The van der Waals surface area contributed by atoms with Gasteiger partial charge in [0.05, 0.1) is 22.9 Å². The number of benzene rings is 1. The van der Waals surface area contributed by atoms with E-state index in [1.165, 1.54) is 0 Å². The van der Waals surface area contributed by atoms with Gasteiger partial charge >= 0.3 is 0 Å². The van der Waals surface area contributed by atoms with Gasteiger partial charge in [0.25, 0.3) is 0 Å². The normalized spacial score (nSPS) is 20.0. The lowest BCUT2D eigenvalue weighted by atomic mass is 9.93. The molecule has 2 heterocycles. The molecule has 1 amide bonds. The van der Waals surface area contributed by atoms with Crippen molar-refractivity contribution in [3.63, 3.8) is 0 Å². The number of para-hydroxylation sites is 1.